The van der Waals surface area contributed by atoms with E-state index < -0.39 is 0 Å². The molecule has 1 heterocycles. The highest BCUT2D eigenvalue weighted by molar-refractivity contribution is 5.78. The van der Waals surface area contributed by atoms with Gasteiger partial charge < -0.3 is 15.0 Å². The number of methoxy groups -OCH3 is 1. The molecule has 1 amide bonds. The molecule has 1 atom stereocenters. The third-order valence-corrected chi connectivity index (χ3v) is 5.42. The molecule has 5 heteroatoms. The summed E-state index contributed by atoms with van der Waals surface area (Å²) in [7, 11) is 1.68. The van der Waals surface area contributed by atoms with Crippen LogP contribution in [0.25, 0.3) is 0 Å². The second-order valence-corrected chi connectivity index (χ2v) is 8.12. The predicted molar refractivity (Wildman–Crippen MR) is 118 cm³/mol. The molecule has 1 aliphatic heterocycles. The Kier molecular flexibility index (Phi) is 7.53. The number of ether oxygens (including phenoxy) is 1. The maximum Gasteiger partial charge on any atom is 0.234 e. The van der Waals surface area contributed by atoms with Gasteiger partial charge in [0.1, 0.15) is 5.75 Å². The molecule has 3 rings (SSSR count). The van der Waals surface area contributed by atoms with E-state index in [9.17, 15) is 4.79 Å². The lowest BCUT2D eigenvalue weighted by Crippen LogP contribution is -2.49. The Morgan fingerprint density at radius 3 is 2.24 bits per heavy atom. The van der Waals surface area contributed by atoms with Gasteiger partial charge in [0.25, 0.3) is 0 Å². The number of hydrogen-bond acceptors (Lipinski definition) is 4. The third kappa shape index (κ3) is 6.23. The van der Waals surface area contributed by atoms with E-state index in [-0.39, 0.29) is 11.9 Å². The number of nitrogens with zero attached hydrogens (tertiary/aromatic N) is 2. The van der Waals surface area contributed by atoms with Crippen LogP contribution in [-0.4, -0.2) is 50.6 Å². The van der Waals surface area contributed by atoms with E-state index >= 15 is 0 Å². The zero-order valence-corrected chi connectivity index (χ0v) is 17.8. The van der Waals surface area contributed by atoms with Crippen molar-refractivity contribution in [1.29, 1.82) is 0 Å². The van der Waals surface area contributed by atoms with Gasteiger partial charge in [-0.05, 0) is 42.2 Å². The lowest BCUT2D eigenvalue weighted by atomic mass is 9.97. The van der Waals surface area contributed by atoms with Gasteiger partial charge in [0.2, 0.25) is 5.91 Å². The van der Waals surface area contributed by atoms with Crippen LogP contribution in [-0.2, 0) is 4.79 Å². The molecule has 0 saturated carbocycles. The Morgan fingerprint density at radius 2 is 1.66 bits per heavy atom. The van der Waals surface area contributed by atoms with Crippen molar-refractivity contribution in [2.75, 3.05) is 44.7 Å². The Hall–Kier alpha value is -2.53. The molecule has 1 saturated heterocycles. The van der Waals surface area contributed by atoms with Gasteiger partial charge in [-0.3, -0.25) is 9.69 Å². The first-order valence-electron chi connectivity index (χ1n) is 10.5. The minimum atomic E-state index is 0.0734. The van der Waals surface area contributed by atoms with E-state index in [4.69, 9.17) is 4.74 Å². The highest BCUT2D eigenvalue weighted by Crippen LogP contribution is 2.22. The fourth-order valence-corrected chi connectivity index (χ4v) is 3.84. The van der Waals surface area contributed by atoms with Crippen molar-refractivity contribution in [3.8, 4) is 5.75 Å². The molecule has 0 aromatic heterocycles. The average Bonchev–Trinajstić information content (AvgIpc) is 2.74. The summed E-state index contributed by atoms with van der Waals surface area (Å²) in [4.78, 5) is 17.3. The average molecular weight is 396 g/mol. The quantitative estimate of drug-likeness (QED) is 0.740. The van der Waals surface area contributed by atoms with Gasteiger partial charge >= 0.3 is 0 Å². The van der Waals surface area contributed by atoms with Gasteiger partial charge in [0, 0.05) is 31.9 Å². The smallest absolute Gasteiger partial charge is 0.234 e. The van der Waals surface area contributed by atoms with Crippen molar-refractivity contribution in [2.24, 2.45) is 5.92 Å². The Labute approximate surface area is 174 Å². The van der Waals surface area contributed by atoms with Gasteiger partial charge in [-0.2, -0.15) is 0 Å². The summed E-state index contributed by atoms with van der Waals surface area (Å²) >= 11 is 0. The van der Waals surface area contributed by atoms with Gasteiger partial charge in [0.05, 0.1) is 19.7 Å². The second-order valence-electron chi connectivity index (χ2n) is 8.12. The molecule has 2 aromatic rings. The van der Waals surface area contributed by atoms with Crippen molar-refractivity contribution >= 4 is 11.6 Å². The summed E-state index contributed by atoms with van der Waals surface area (Å²) in [5.41, 5.74) is 2.38. The zero-order valence-electron chi connectivity index (χ0n) is 17.8. The monoisotopic (exact) mass is 395 g/mol. The van der Waals surface area contributed by atoms with Gasteiger partial charge in [-0.25, -0.2) is 0 Å². The number of anilines is 1. The number of hydrogen-bond donors (Lipinski definition) is 1. The number of amides is 1. The molecule has 1 N–H and O–H groups in total. The number of piperazine rings is 1. The molecule has 29 heavy (non-hydrogen) atoms. The normalized spacial score (nSPS) is 15.9. The molecule has 0 bridgehead atoms. The Morgan fingerprint density at radius 1 is 1.00 bits per heavy atom. The van der Waals surface area contributed by atoms with Gasteiger partial charge in [-0.1, -0.05) is 44.2 Å². The number of carbonyl (C=O) groups excluding carboxylic acids is 1. The minimum absolute atomic E-state index is 0.0734. The Balaban J connectivity index is 1.50. The molecule has 0 unspecified atom stereocenters. The topological polar surface area (TPSA) is 44.8 Å². The number of benzene rings is 2. The van der Waals surface area contributed by atoms with Crippen molar-refractivity contribution in [3.63, 3.8) is 0 Å². The maximum atomic E-state index is 12.7. The first kappa shape index (κ1) is 21.2. The molecule has 5 nitrogen and oxygen atoms in total. The van der Waals surface area contributed by atoms with E-state index in [0.717, 1.165) is 38.3 Å². The largest absolute Gasteiger partial charge is 0.497 e. The van der Waals surface area contributed by atoms with E-state index in [2.05, 4.69) is 53.2 Å². The van der Waals surface area contributed by atoms with Gasteiger partial charge in [-0.15, -0.1) is 0 Å². The van der Waals surface area contributed by atoms with Crippen LogP contribution in [0.3, 0.4) is 0 Å². The summed E-state index contributed by atoms with van der Waals surface area (Å²) in [5.74, 6) is 1.50. The molecule has 0 aliphatic carbocycles. The van der Waals surface area contributed by atoms with Crippen molar-refractivity contribution < 1.29 is 9.53 Å². The van der Waals surface area contributed by atoms with Gasteiger partial charge in [0.15, 0.2) is 0 Å². The SMILES string of the molecule is COc1ccc(N2CCN(CC(=O)N[C@@H](CC(C)C)c3ccccc3)CC2)cc1. The number of nitrogens with one attached hydrogen (secondary N) is 1. The van der Waals surface area contributed by atoms with Crippen LogP contribution >= 0.6 is 0 Å². The molecule has 1 aliphatic rings. The summed E-state index contributed by atoms with van der Waals surface area (Å²) in [5, 5.41) is 3.26. The molecule has 0 spiro atoms. The number of carbonyl (C=O) groups is 1. The lowest BCUT2D eigenvalue weighted by Gasteiger charge is -2.36. The highest BCUT2D eigenvalue weighted by Gasteiger charge is 2.21. The van der Waals surface area contributed by atoms with E-state index in [1.54, 1.807) is 7.11 Å². The van der Waals surface area contributed by atoms with Crippen LogP contribution in [0.1, 0.15) is 31.9 Å². The van der Waals surface area contributed by atoms with E-state index in [1.165, 1.54) is 11.3 Å². The highest BCUT2D eigenvalue weighted by atomic mass is 16.5. The molecular weight excluding hydrogens is 362 g/mol. The van der Waals surface area contributed by atoms with Crippen LogP contribution in [0.4, 0.5) is 5.69 Å². The second kappa shape index (κ2) is 10.3. The van der Waals surface area contributed by atoms with Crippen LogP contribution in [0, 0.1) is 5.92 Å². The summed E-state index contributed by atoms with van der Waals surface area (Å²) in [6.07, 6.45) is 0.945. The summed E-state index contributed by atoms with van der Waals surface area (Å²) < 4.78 is 5.23. The van der Waals surface area contributed by atoms with Crippen LogP contribution in [0.5, 0.6) is 5.75 Å². The molecular formula is C24H33N3O2. The predicted octanol–water partition coefficient (Wildman–Crippen LogP) is 3.72. The van der Waals surface area contributed by atoms with Crippen molar-refractivity contribution in [2.45, 2.75) is 26.3 Å². The third-order valence-electron chi connectivity index (χ3n) is 5.42. The van der Waals surface area contributed by atoms with Crippen LogP contribution in [0.2, 0.25) is 0 Å². The molecule has 2 aromatic carbocycles. The minimum Gasteiger partial charge on any atom is -0.497 e. The van der Waals surface area contributed by atoms with Crippen LogP contribution in [0.15, 0.2) is 54.6 Å². The lowest BCUT2D eigenvalue weighted by molar-refractivity contribution is -0.123. The van der Waals surface area contributed by atoms with Crippen LogP contribution < -0.4 is 15.0 Å². The summed E-state index contributed by atoms with van der Waals surface area (Å²) in [6.45, 7) is 8.47. The van der Waals surface area contributed by atoms with Crippen molar-refractivity contribution in [3.05, 3.63) is 60.2 Å². The molecule has 0 radical (unpaired) electrons. The first-order chi connectivity index (χ1) is 14.0. The van der Waals surface area contributed by atoms with E-state index in [1.807, 2.05) is 30.3 Å². The molecule has 1 fully saturated rings. The fraction of sp³-hybridized carbons (Fsp3) is 0.458. The standard InChI is InChI=1S/C24H33N3O2/c1-19(2)17-23(20-7-5-4-6-8-20)25-24(28)18-26-13-15-27(16-14-26)21-9-11-22(29-3)12-10-21/h4-12,19,23H,13-18H2,1-3H3,(H,25,28)/t23-/m0/s1. The first-order valence-corrected chi connectivity index (χ1v) is 10.5. The van der Waals surface area contributed by atoms with E-state index in [0.29, 0.717) is 12.5 Å². The summed E-state index contributed by atoms with van der Waals surface area (Å²) in [6, 6.07) is 18.5. The number of rotatable bonds is 8. The zero-order chi connectivity index (χ0) is 20.6. The molecule has 156 valence electrons. The van der Waals surface area contributed by atoms with Crippen molar-refractivity contribution in [1.82, 2.24) is 10.2 Å². The maximum absolute atomic E-state index is 12.7. The fourth-order valence-electron chi connectivity index (χ4n) is 3.84. The Bertz CT molecular complexity index is 753.